The Balaban J connectivity index is 2.17. The zero-order chi connectivity index (χ0) is 4.91. The number of fused-ring (bicyclic) bond motifs is 1. The van der Waals surface area contributed by atoms with E-state index in [1.165, 1.54) is 25.7 Å². The highest BCUT2D eigenvalue weighted by molar-refractivity contribution is 5.11. The molecule has 2 atom stereocenters. The summed E-state index contributed by atoms with van der Waals surface area (Å²) < 4.78 is 0. The van der Waals surface area contributed by atoms with Gasteiger partial charge in [-0.2, -0.15) is 0 Å². The molecule has 1 nitrogen and oxygen atoms in total. The third-order valence-electron chi connectivity index (χ3n) is 2.47. The van der Waals surface area contributed by atoms with Gasteiger partial charge in [0.2, 0.25) is 0 Å². The third-order valence-corrected chi connectivity index (χ3v) is 2.47. The van der Waals surface area contributed by atoms with Gasteiger partial charge in [0.05, 0.1) is 0 Å². The molecule has 0 aromatic heterocycles. The molecule has 2 fully saturated rings. The Labute approximate surface area is 43.9 Å². The van der Waals surface area contributed by atoms with E-state index >= 15 is 0 Å². The van der Waals surface area contributed by atoms with Gasteiger partial charge in [0.1, 0.15) is 0 Å². The summed E-state index contributed by atoms with van der Waals surface area (Å²) in [5.74, 6) is 0.937. The van der Waals surface area contributed by atoms with Gasteiger partial charge in [-0.3, -0.25) is 0 Å². The normalized spacial score (nSPS) is 57.0. The van der Waals surface area contributed by atoms with Gasteiger partial charge in [-0.05, 0) is 25.2 Å². The fourth-order valence-corrected chi connectivity index (χ4v) is 1.77. The van der Waals surface area contributed by atoms with E-state index in [0.29, 0.717) is 5.54 Å². The minimum absolute atomic E-state index is 0.361. The fraction of sp³-hybridized carbons (Fsp3) is 1.00. The third kappa shape index (κ3) is 0.367. The molecule has 0 unspecified atom stereocenters. The van der Waals surface area contributed by atoms with E-state index in [1.54, 1.807) is 0 Å². The lowest BCUT2D eigenvalue weighted by Crippen LogP contribution is -2.20. The van der Waals surface area contributed by atoms with Crippen molar-refractivity contribution < 1.29 is 0 Å². The first-order valence-electron chi connectivity index (χ1n) is 3.10. The van der Waals surface area contributed by atoms with Crippen molar-refractivity contribution in [3.63, 3.8) is 0 Å². The number of hydrogen-bond acceptors (Lipinski definition) is 1. The predicted octanol–water partition coefficient (Wildman–Crippen LogP) is 0.888. The van der Waals surface area contributed by atoms with Crippen LogP contribution in [0.3, 0.4) is 0 Å². The lowest BCUT2D eigenvalue weighted by Gasteiger charge is -1.97. The fourth-order valence-electron chi connectivity index (χ4n) is 1.77. The molecular formula is C6H11N. The largest absolute Gasteiger partial charge is 0.325 e. The number of hydrogen-bond donors (Lipinski definition) is 1. The van der Waals surface area contributed by atoms with Crippen LogP contribution in [0.1, 0.15) is 25.7 Å². The molecule has 2 rings (SSSR count). The molecule has 1 heteroatoms. The summed E-state index contributed by atoms with van der Waals surface area (Å²) in [6.07, 6.45) is 5.43. The molecule has 0 radical (unpaired) electrons. The van der Waals surface area contributed by atoms with E-state index in [9.17, 15) is 0 Å². The summed E-state index contributed by atoms with van der Waals surface area (Å²) in [5, 5.41) is 0. The molecule has 0 aromatic carbocycles. The van der Waals surface area contributed by atoms with Gasteiger partial charge in [0.15, 0.2) is 0 Å². The van der Waals surface area contributed by atoms with Crippen LogP contribution in [0.15, 0.2) is 0 Å². The SMILES string of the molecule is N[C@]12CCC[C@@H]1C2. The van der Waals surface area contributed by atoms with Crippen molar-refractivity contribution in [2.75, 3.05) is 0 Å². The second kappa shape index (κ2) is 0.873. The molecule has 0 amide bonds. The maximum absolute atomic E-state index is 5.85. The molecule has 0 aromatic rings. The summed E-state index contributed by atoms with van der Waals surface area (Å²) in [6, 6.07) is 0. The van der Waals surface area contributed by atoms with Crippen LogP contribution in [0.25, 0.3) is 0 Å². The van der Waals surface area contributed by atoms with Gasteiger partial charge in [-0.15, -0.1) is 0 Å². The van der Waals surface area contributed by atoms with Crippen LogP contribution >= 0.6 is 0 Å². The van der Waals surface area contributed by atoms with Crippen molar-refractivity contribution in [2.24, 2.45) is 11.7 Å². The number of nitrogens with two attached hydrogens (primary N) is 1. The highest BCUT2D eigenvalue weighted by Crippen LogP contribution is 2.53. The van der Waals surface area contributed by atoms with Crippen molar-refractivity contribution in [3.8, 4) is 0 Å². The van der Waals surface area contributed by atoms with E-state index in [1.807, 2.05) is 0 Å². The smallest absolute Gasteiger partial charge is 0.0186 e. The summed E-state index contributed by atoms with van der Waals surface area (Å²) in [5.41, 5.74) is 6.21. The lowest BCUT2D eigenvalue weighted by atomic mass is 10.2. The zero-order valence-electron chi connectivity index (χ0n) is 4.48. The van der Waals surface area contributed by atoms with Crippen LogP contribution in [0, 0.1) is 5.92 Å². The molecule has 2 N–H and O–H groups in total. The second-order valence-electron chi connectivity index (χ2n) is 3.03. The zero-order valence-corrected chi connectivity index (χ0v) is 4.48. The van der Waals surface area contributed by atoms with Gasteiger partial charge in [0.25, 0.3) is 0 Å². The standard InChI is InChI=1S/C6H11N/c7-6-3-1-2-5(6)4-6/h5H,1-4,7H2/t5-,6+/m1/s1. The monoisotopic (exact) mass is 97.1 g/mol. The molecule has 2 aliphatic rings. The average Bonchev–Trinajstić information content (AvgIpc) is 2.09. The maximum atomic E-state index is 5.85. The lowest BCUT2D eigenvalue weighted by molar-refractivity contribution is 0.645. The molecule has 7 heavy (non-hydrogen) atoms. The van der Waals surface area contributed by atoms with Crippen molar-refractivity contribution in [1.29, 1.82) is 0 Å². The molecule has 2 saturated carbocycles. The molecule has 0 bridgehead atoms. The Morgan fingerprint density at radius 2 is 2.43 bits per heavy atom. The quantitative estimate of drug-likeness (QED) is 0.477. The Morgan fingerprint density at radius 1 is 1.57 bits per heavy atom. The van der Waals surface area contributed by atoms with Gasteiger partial charge in [0, 0.05) is 5.54 Å². The summed E-state index contributed by atoms with van der Waals surface area (Å²) in [7, 11) is 0. The Kier molecular flexibility index (Phi) is 0.487. The van der Waals surface area contributed by atoms with Crippen LogP contribution in [0.4, 0.5) is 0 Å². The van der Waals surface area contributed by atoms with Crippen LogP contribution in [0.2, 0.25) is 0 Å². The summed E-state index contributed by atoms with van der Waals surface area (Å²) in [4.78, 5) is 0. The van der Waals surface area contributed by atoms with Crippen LogP contribution in [0.5, 0.6) is 0 Å². The van der Waals surface area contributed by atoms with Crippen molar-refractivity contribution in [2.45, 2.75) is 31.2 Å². The van der Waals surface area contributed by atoms with Crippen LogP contribution in [-0.2, 0) is 0 Å². The minimum Gasteiger partial charge on any atom is -0.325 e. The topological polar surface area (TPSA) is 26.0 Å². The van der Waals surface area contributed by atoms with Crippen molar-refractivity contribution in [3.05, 3.63) is 0 Å². The van der Waals surface area contributed by atoms with Crippen molar-refractivity contribution >= 4 is 0 Å². The predicted molar refractivity (Wildman–Crippen MR) is 28.9 cm³/mol. The highest BCUT2D eigenvalue weighted by atomic mass is 14.9. The molecule has 40 valence electrons. The molecule has 0 spiro atoms. The average molecular weight is 97.2 g/mol. The first-order valence-corrected chi connectivity index (χ1v) is 3.10. The first-order chi connectivity index (χ1) is 3.31. The van der Waals surface area contributed by atoms with E-state index in [-0.39, 0.29) is 0 Å². The Bertz CT molecular complexity index is 98.4. The molecule has 2 aliphatic carbocycles. The van der Waals surface area contributed by atoms with Gasteiger partial charge in [-0.1, -0.05) is 6.42 Å². The van der Waals surface area contributed by atoms with Gasteiger partial charge >= 0.3 is 0 Å². The summed E-state index contributed by atoms with van der Waals surface area (Å²) in [6.45, 7) is 0. The first kappa shape index (κ1) is 3.90. The van der Waals surface area contributed by atoms with E-state index < -0.39 is 0 Å². The van der Waals surface area contributed by atoms with Crippen LogP contribution < -0.4 is 5.73 Å². The number of rotatable bonds is 0. The Hall–Kier alpha value is -0.0400. The van der Waals surface area contributed by atoms with Crippen LogP contribution in [-0.4, -0.2) is 5.54 Å². The molecule has 0 heterocycles. The maximum Gasteiger partial charge on any atom is 0.0186 e. The van der Waals surface area contributed by atoms with E-state index in [0.717, 1.165) is 5.92 Å². The summed E-state index contributed by atoms with van der Waals surface area (Å²) >= 11 is 0. The van der Waals surface area contributed by atoms with E-state index in [2.05, 4.69) is 0 Å². The highest BCUT2D eigenvalue weighted by Gasteiger charge is 2.53. The molecular weight excluding hydrogens is 86.1 g/mol. The Morgan fingerprint density at radius 3 is 2.57 bits per heavy atom. The molecule has 0 aliphatic heterocycles. The minimum atomic E-state index is 0.361. The molecule has 0 saturated heterocycles. The van der Waals surface area contributed by atoms with Gasteiger partial charge in [-0.25, -0.2) is 0 Å². The van der Waals surface area contributed by atoms with Gasteiger partial charge < -0.3 is 5.73 Å². The van der Waals surface area contributed by atoms with Crippen molar-refractivity contribution in [1.82, 2.24) is 0 Å². The second-order valence-corrected chi connectivity index (χ2v) is 3.03. The van der Waals surface area contributed by atoms with E-state index in [4.69, 9.17) is 5.73 Å².